The van der Waals surface area contributed by atoms with Crippen LogP contribution in [0.4, 0.5) is 11.6 Å². The van der Waals surface area contributed by atoms with E-state index in [1.165, 1.54) is 23.3 Å². The fourth-order valence-corrected chi connectivity index (χ4v) is 4.92. The number of nitrogens with one attached hydrogen (secondary N) is 2. The average molecular weight is 612 g/mol. The molecule has 0 spiro atoms. The maximum Gasteiger partial charge on any atom is 0.277 e. The van der Waals surface area contributed by atoms with Crippen molar-refractivity contribution in [2.75, 3.05) is 24.4 Å². The van der Waals surface area contributed by atoms with Crippen LogP contribution >= 0.6 is 8.38 Å². The summed E-state index contributed by atoms with van der Waals surface area (Å²) in [7, 11) is -2.11. The third-order valence-corrected chi connectivity index (χ3v) is 7.02. The summed E-state index contributed by atoms with van der Waals surface area (Å²) < 4.78 is 18.6. The third-order valence-electron chi connectivity index (χ3n) is 6.52. The zero-order valence-electron chi connectivity index (χ0n) is 21.7. The van der Waals surface area contributed by atoms with Gasteiger partial charge in [-0.15, -0.1) is 0 Å². The molecule has 20 heteroatoms. The number of aliphatic hydroxyl groups excluding tert-OH is 4. The molecule has 2 aliphatic heterocycles. The molecule has 7 atom stereocenters. The minimum absolute atomic E-state index is 0.0671. The number of hydrogen-bond donors (Lipinski definition) is 9. The van der Waals surface area contributed by atoms with Crippen LogP contribution in [0.25, 0.3) is 22.1 Å². The normalized spacial score (nSPS) is 26.5. The average Bonchev–Trinajstić information content (AvgIpc) is 3.72. The Balaban J connectivity index is 0.000000171. The summed E-state index contributed by atoms with van der Waals surface area (Å²) in [4.78, 5) is 50.3. The number of aliphatic hydroxyl groups is 4. The lowest BCUT2D eigenvalue weighted by Gasteiger charge is -2.17. The van der Waals surface area contributed by atoms with E-state index in [1.807, 2.05) is 0 Å². The predicted octanol–water partition coefficient (Wildman–Crippen LogP) is -1.94. The standard InChI is InChI=1S/C11H15N4O7P.C11H14N4O4/c12-7-1-5-9(10(18)14-7)13-3-15(5)11-6(17)2-8(20-11)21-22-23(19)4-16;12-8-2-6-9(10(18)14-8)13-4-15(6)11-7(17)1-5(3-16)19-11/h1,3,6,8,11,16-17,19H,2,4H2,(H3,12,14,18);2,4-5,7,11,16-17H,1,3H2,(H3,12,14,18)/t6-,8+,11+,23?;5-,7-,11+/m00/s1. The molecule has 6 rings (SSSR count). The number of fused-ring (bicyclic) bond motifs is 2. The first kappa shape index (κ1) is 30.0. The minimum atomic E-state index is -2.11. The molecular weight excluding hydrogens is 583 g/mol. The molecule has 42 heavy (non-hydrogen) atoms. The molecule has 4 aromatic rings. The molecule has 2 fully saturated rings. The third kappa shape index (κ3) is 6.01. The molecule has 1 unspecified atom stereocenters. The number of imidazole rings is 2. The fourth-order valence-electron chi connectivity index (χ4n) is 4.68. The Morgan fingerprint density at radius 1 is 0.929 bits per heavy atom. The number of hydrogen-bond acceptors (Lipinski definition) is 15. The Morgan fingerprint density at radius 3 is 1.95 bits per heavy atom. The fraction of sp³-hybridized carbons (Fsp3) is 0.455. The zero-order valence-corrected chi connectivity index (χ0v) is 22.6. The number of ether oxygens (including phenoxy) is 2. The van der Waals surface area contributed by atoms with Crippen molar-refractivity contribution < 1.29 is 44.4 Å². The number of nitrogens with two attached hydrogens (primary N) is 2. The van der Waals surface area contributed by atoms with Crippen LogP contribution in [-0.2, 0) is 19.0 Å². The number of rotatable bonds is 7. The maximum absolute atomic E-state index is 11.8. The van der Waals surface area contributed by atoms with Crippen LogP contribution in [0.2, 0.25) is 0 Å². The minimum Gasteiger partial charge on any atom is -0.394 e. The van der Waals surface area contributed by atoms with Crippen molar-refractivity contribution in [1.29, 1.82) is 0 Å². The lowest BCUT2D eigenvalue weighted by molar-refractivity contribution is -0.318. The van der Waals surface area contributed by atoms with Gasteiger partial charge in [0.1, 0.15) is 30.2 Å². The Bertz CT molecular complexity index is 1660. The Morgan fingerprint density at radius 2 is 1.45 bits per heavy atom. The molecule has 0 radical (unpaired) electrons. The first-order chi connectivity index (χ1) is 20.1. The summed E-state index contributed by atoms with van der Waals surface area (Å²) in [6.07, 6.45) is -2.05. The smallest absolute Gasteiger partial charge is 0.277 e. The van der Waals surface area contributed by atoms with E-state index in [0.29, 0.717) is 17.5 Å². The molecule has 19 nitrogen and oxygen atoms in total. The van der Waals surface area contributed by atoms with Gasteiger partial charge in [0.25, 0.3) is 11.1 Å². The van der Waals surface area contributed by atoms with Gasteiger partial charge >= 0.3 is 0 Å². The van der Waals surface area contributed by atoms with Crippen molar-refractivity contribution in [2.24, 2.45) is 0 Å². The van der Waals surface area contributed by atoms with E-state index in [2.05, 4.69) is 24.6 Å². The second-order valence-electron chi connectivity index (χ2n) is 9.44. The summed E-state index contributed by atoms with van der Waals surface area (Å²) in [6.45, 7) is -0.164. The number of H-pyrrole nitrogens is 2. The second kappa shape index (κ2) is 12.4. The molecule has 0 bridgehead atoms. The molecule has 6 heterocycles. The topological polar surface area (TPSA) is 291 Å². The van der Waals surface area contributed by atoms with E-state index >= 15 is 0 Å². The van der Waals surface area contributed by atoms with Gasteiger partial charge in [-0.2, -0.15) is 9.56 Å². The molecule has 4 aromatic heterocycles. The van der Waals surface area contributed by atoms with Crippen LogP contribution in [0.3, 0.4) is 0 Å². The van der Waals surface area contributed by atoms with Gasteiger partial charge in [-0.25, -0.2) is 9.97 Å². The van der Waals surface area contributed by atoms with Gasteiger partial charge in [0.15, 0.2) is 29.8 Å². The lowest BCUT2D eigenvalue weighted by Crippen LogP contribution is -2.19. The van der Waals surface area contributed by atoms with Crippen molar-refractivity contribution in [3.05, 3.63) is 45.5 Å². The van der Waals surface area contributed by atoms with Crippen molar-refractivity contribution in [2.45, 2.75) is 49.9 Å². The van der Waals surface area contributed by atoms with Crippen LogP contribution in [0.15, 0.2) is 34.4 Å². The number of nitrogen functional groups attached to an aromatic ring is 2. The highest BCUT2D eigenvalue weighted by molar-refractivity contribution is 7.45. The summed E-state index contributed by atoms with van der Waals surface area (Å²) in [6, 6.07) is 3.06. The lowest BCUT2D eigenvalue weighted by atomic mass is 10.2. The largest absolute Gasteiger partial charge is 0.394 e. The van der Waals surface area contributed by atoms with Gasteiger partial charge in [-0.1, -0.05) is 0 Å². The monoisotopic (exact) mass is 612 g/mol. The van der Waals surface area contributed by atoms with Crippen molar-refractivity contribution >= 4 is 42.1 Å². The van der Waals surface area contributed by atoms with Crippen LogP contribution < -0.4 is 22.6 Å². The molecular formula is C22H29N8O11P. The van der Waals surface area contributed by atoms with Crippen molar-refractivity contribution in [1.82, 2.24) is 29.1 Å². The number of nitrogens with zero attached hydrogens (tertiary/aromatic N) is 4. The van der Waals surface area contributed by atoms with Crippen LogP contribution in [0, 0.1) is 0 Å². The van der Waals surface area contributed by atoms with E-state index in [-0.39, 0.29) is 41.3 Å². The molecule has 2 aliphatic rings. The molecule has 0 aliphatic carbocycles. The molecule has 11 N–H and O–H groups in total. The second-order valence-corrected chi connectivity index (χ2v) is 10.6. The molecule has 228 valence electrons. The highest BCUT2D eigenvalue weighted by Gasteiger charge is 2.38. The van der Waals surface area contributed by atoms with Crippen LogP contribution in [0.1, 0.15) is 25.3 Å². The number of anilines is 2. The van der Waals surface area contributed by atoms with Crippen LogP contribution in [0.5, 0.6) is 0 Å². The van der Waals surface area contributed by atoms with E-state index in [9.17, 15) is 19.8 Å². The SMILES string of the molecule is Nc1cc2c(ncn2[C@@H]2O[C@H](CO)C[C@@H]2O)c(=O)[nH]1.Nc1cc2c(ncn2[C@@H]2O[C@H](OOP(O)CO)C[C@@H]2O)c(=O)[nH]1. The highest BCUT2D eigenvalue weighted by atomic mass is 31.2. The van der Waals surface area contributed by atoms with Crippen LogP contribution in [-0.4, -0.2) is 91.9 Å². The van der Waals surface area contributed by atoms with Crippen molar-refractivity contribution in [3.8, 4) is 0 Å². The maximum atomic E-state index is 11.8. The summed E-state index contributed by atoms with van der Waals surface area (Å²) in [5.74, 6) is 0.368. The first-order valence-electron chi connectivity index (χ1n) is 12.5. The highest BCUT2D eigenvalue weighted by Crippen LogP contribution is 2.36. The predicted molar refractivity (Wildman–Crippen MR) is 144 cm³/mol. The van der Waals surface area contributed by atoms with Gasteiger partial charge in [-0.3, -0.25) is 9.59 Å². The molecule has 0 saturated carbocycles. The summed E-state index contributed by atoms with van der Waals surface area (Å²) in [5.41, 5.74) is 11.7. The molecule has 2 saturated heterocycles. The zero-order chi connectivity index (χ0) is 30.1. The summed E-state index contributed by atoms with van der Waals surface area (Å²) >= 11 is 0. The number of aromatic nitrogens is 6. The van der Waals surface area contributed by atoms with Gasteiger partial charge in [0, 0.05) is 25.0 Å². The van der Waals surface area contributed by atoms with E-state index in [0.717, 1.165) is 0 Å². The van der Waals surface area contributed by atoms with Crippen molar-refractivity contribution in [3.63, 3.8) is 0 Å². The Kier molecular flexibility index (Phi) is 8.85. The van der Waals surface area contributed by atoms with E-state index in [4.69, 9.17) is 40.9 Å². The quantitative estimate of drug-likeness (QED) is 0.0623. The van der Waals surface area contributed by atoms with Gasteiger partial charge in [0.2, 0.25) is 8.38 Å². The van der Waals surface area contributed by atoms with Gasteiger partial charge in [-0.05, 0) is 0 Å². The van der Waals surface area contributed by atoms with E-state index in [1.54, 1.807) is 10.6 Å². The molecule has 0 aromatic carbocycles. The van der Waals surface area contributed by atoms with Gasteiger partial charge < -0.3 is 65.4 Å². The number of pyridine rings is 2. The number of aromatic amines is 2. The molecule has 0 amide bonds. The Labute approximate surface area is 235 Å². The first-order valence-corrected chi connectivity index (χ1v) is 13.9. The summed E-state index contributed by atoms with van der Waals surface area (Å²) in [5, 5.41) is 37.8. The Hall–Kier alpha value is -3.49. The van der Waals surface area contributed by atoms with Gasteiger partial charge in [0.05, 0.1) is 36.4 Å². The van der Waals surface area contributed by atoms with E-state index < -0.39 is 57.3 Å².